The first-order valence-electron chi connectivity index (χ1n) is 12.6. The van der Waals surface area contributed by atoms with Crippen LogP contribution in [-0.2, 0) is 14.3 Å². The van der Waals surface area contributed by atoms with Crippen molar-refractivity contribution < 1.29 is 37.4 Å². The van der Waals surface area contributed by atoms with Crippen LogP contribution in [0.2, 0.25) is 0 Å². The maximum Gasteiger partial charge on any atom is 0.257 e. The number of amides is 3. The molecule has 0 bridgehead atoms. The number of anilines is 1. The number of nitrogens with zero attached hydrogens (tertiary/aromatic N) is 2. The molecule has 3 atom stereocenters. The van der Waals surface area contributed by atoms with E-state index in [1.54, 1.807) is 29.0 Å². The molecule has 0 radical (unpaired) electrons. The van der Waals surface area contributed by atoms with Crippen LogP contribution in [0.15, 0.2) is 36.4 Å². The topological polar surface area (TPSA) is 97.4 Å². The van der Waals surface area contributed by atoms with Gasteiger partial charge in [-0.25, -0.2) is 8.78 Å². The molecular formula is C27H29F2N3O6. The Bertz CT molecular complexity index is 1240. The lowest BCUT2D eigenvalue weighted by Crippen LogP contribution is -2.54. The fraction of sp³-hybridized carbons (Fsp3) is 0.444. The minimum atomic E-state index is -1.13. The Morgan fingerprint density at radius 3 is 2.61 bits per heavy atom. The molecule has 0 unspecified atom stereocenters. The van der Waals surface area contributed by atoms with Crippen LogP contribution in [0.3, 0.4) is 0 Å². The second kappa shape index (κ2) is 11.0. The SMILES string of the molecule is CN1C(=O)c2cc(NC(=O)c3ccc(F)c(F)c3)ccc2OC[C@@H]2O[C@@H](CC(=O)N3CCOCC3)CC[C@@H]21. The lowest BCUT2D eigenvalue weighted by molar-refractivity contribution is -0.146. The van der Waals surface area contributed by atoms with E-state index in [1.165, 1.54) is 12.1 Å². The van der Waals surface area contributed by atoms with Crippen LogP contribution in [-0.4, -0.2) is 85.7 Å². The number of carbonyl (C=O) groups is 3. The maximum atomic E-state index is 13.5. The van der Waals surface area contributed by atoms with Gasteiger partial charge >= 0.3 is 0 Å². The van der Waals surface area contributed by atoms with Crippen molar-refractivity contribution in [3.63, 3.8) is 0 Å². The van der Waals surface area contributed by atoms with E-state index in [2.05, 4.69) is 5.32 Å². The summed E-state index contributed by atoms with van der Waals surface area (Å²) in [5.74, 6) is -2.75. The number of benzene rings is 2. The molecule has 3 aliphatic rings. The molecule has 3 amide bonds. The van der Waals surface area contributed by atoms with Crippen molar-refractivity contribution in [1.29, 1.82) is 0 Å². The maximum absolute atomic E-state index is 13.5. The van der Waals surface area contributed by atoms with Gasteiger partial charge in [-0.1, -0.05) is 0 Å². The van der Waals surface area contributed by atoms with E-state index in [4.69, 9.17) is 14.2 Å². The lowest BCUT2D eigenvalue weighted by atomic mass is 9.94. The van der Waals surface area contributed by atoms with Crippen LogP contribution >= 0.6 is 0 Å². The third kappa shape index (κ3) is 5.48. The van der Waals surface area contributed by atoms with Gasteiger partial charge in [0.1, 0.15) is 18.5 Å². The van der Waals surface area contributed by atoms with Gasteiger partial charge in [-0.2, -0.15) is 0 Å². The number of hydrogen-bond donors (Lipinski definition) is 1. The summed E-state index contributed by atoms with van der Waals surface area (Å²) >= 11 is 0. The Labute approximate surface area is 218 Å². The van der Waals surface area contributed by atoms with Crippen LogP contribution in [0.1, 0.15) is 40.0 Å². The van der Waals surface area contributed by atoms with E-state index >= 15 is 0 Å². The van der Waals surface area contributed by atoms with Gasteiger partial charge < -0.3 is 29.3 Å². The number of ether oxygens (including phenoxy) is 3. The van der Waals surface area contributed by atoms with Gasteiger partial charge in [-0.05, 0) is 49.2 Å². The molecule has 202 valence electrons. The first kappa shape index (κ1) is 26.1. The van der Waals surface area contributed by atoms with Crippen molar-refractivity contribution in [1.82, 2.24) is 9.80 Å². The average molecular weight is 530 g/mol. The van der Waals surface area contributed by atoms with E-state index in [0.29, 0.717) is 50.6 Å². The van der Waals surface area contributed by atoms with E-state index < -0.39 is 23.6 Å². The summed E-state index contributed by atoms with van der Waals surface area (Å²) in [6.45, 7) is 2.44. The Morgan fingerprint density at radius 1 is 1.05 bits per heavy atom. The molecule has 2 aromatic carbocycles. The van der Waals surface area contributed by atoms with Crippen LogP contribution < -0.4 is 10.1 Å². The van der Waals surface area contributed by atoms with Crippen LogP contribution in [0.25, 0.3) is 0 Å². The summed E-state index contributed by atoms with van der Waals surface area (Å²) in [6, 6.07) is 7.26. The molecular weight excluding hydrogens is 500 g/mol. The Balaban J connectivity index is 1.27. The molecule has 1 N–H and O–H groups in total. The Kier molecular flexibility index (Phi) is 7.57. The average Bonchev–Trinajstić information content (AvgIpc) is 2.93. The van der Waals surface area contributed by atoms with Gasteiger partial charge in [0, 0.05) is 31.4 Å². The van der Waals surface area contributed by atoms with Gasteiger partial charge in [0.05, 0.1) is 37.3 Å². The molecule has 0 aliphatic carbocycles. The summed E-state index contributed by atoms with van der Waals surface area (Å²) in [7, 11) is 1.70. The van der Waals surface area contributed by atoms with E-state index in [0.717, 1.165) is 12.1 Å². The predicted molar refractivity (Wildman–Crippen MR) is 132 cm³/mol. The number of hydrogen-bond acceptors (Lipinski definition) is 6. The van der Waals surface area contributed by atoms with E-state index in [1.807, 2.05) is 0 Å². The summed E-state index contributed by atoms with van der Waals surface area (Å²) in [4.78, 5) is 42.0. The minimum Gasteiger partial charge on any atom is -0.490 e. The molecule has 11 heteroatoms. The van der Waals surface area contributed by atoms with E-state index in [-0.39, 0.29) is 48.1 Å². The predicted octanol–water partition coefficient (Wildman–Crippen LogP) is 2.85. The third-order valence-electron chi connectivity index (χ3n) is 7.22. The molecule has 5 rings (SSSR count). The Morgan fingerprint density at radius 2 is 1.84 bits per heavy atom. The highest BCUT2D eigenvalue weighted by Crippen LogP contribution is 2.33. The van der Waals surface area contributed by atoms with Crippen molar-refractivity contribution in [2.45, 2.75) is 37.5 Å². The number of nitrogens with one attached hydrogen (secondary N) is 1. The summed E-state index contributed by atoms with van der Waals surface area (Å²) < 4.78 is 44.3. The van der Waals surface area contributed by atoms with Gasteiger partial charge in [-0.3, -0.25) is 14.4 Å². The summed E-state index contributed by atoms with van der Waals surface area (Å²) in [5, 5.41) is 2.61. The van der Waals surface area contributed by atoms with Crippen LogP contribution in [0, 0.1) is 11.6 Å². The molecule has 2 fully saturated rings. The van der Waals surface area contributed by atoms with Crippen LogP contribution in [0.5, 0.6) is 5.75 Å². The van der Waals surface area contributed by atoms with Crippen molar-refractivity contribution in [3.05, 3.63) is 59.2 Å². The second-order valence-corrected chi connectivity index (χ2v) is 9.66. The smallest absolute Gasteiger partial charge is 0.257 e. The first-order chi connectivity index (χ1) is 18.3. The molecule has 9 nitrogen and oxygen atoms in total. The monoisotopic (exact) mass is 529 g/mol. The molecule has 2 aromatic rings. The molecule has 0 aromatic heterocycles. The molecule has 38 heavy (non-hydrogen) atoms. The van der Waals surface area contributed by atoms with Gasteiger partial charge in [0.25, 0.3) is 11.8 Å². The standard InChI is InChI=1S/C27H29F2N3O6/c1-31-22-6-4-18(14-25(33)32-8-10-36-11-9-32)38-24(22)15-37-23-7-3-17(13-19(23)27(31)35)30-26(34)16-2-5-20(28)21(29)12-16/h2-3,5,7,12-13,18,22,24H,4,6,8-11,14-15H2,1H3,(H,30,34)/t18-,22+,24+/m1/s1. The number of morpholine rings is 1. The fourth-order valence-corrected chi connectivity index (χ4v) is 5.08. The number of likely N-dealkylation sites (N-methyl/N-ethyl adjacent to an activating group) is 1. The highest BCUT2D eigenvalue weighted by atomic mass is 19.2. The van der Waals surface area contributed by atoms with Crippen molar-refractivity contribution in [3.8, 4) is 5.75 Å². The van der Waals surface area contributed by atoms with E-state index in [9.17, 15) is 23.2 Å². The zero-order valence-corrected chi connectivity index (χ0v) is 21.0. The van der Waals surface area contributed by atoms with Gasteiger partial charge in [0.15, 0.2) is 11.6 Å². The first-order valence-corrected chi connectivity index (χ1v) is 12.6. The van der Waals surface area contributed by atoms with Crippen LogP contribution in [0.4, 0.5) is 14.5 Å². The summed E-state index contributed by atoms with van der Waals surface area (Å²) in [6.07, 6.45) is 0.900. The number of halogens is 2. The Hall–Kier alpha value is -3.57. The van der Waals surface area contributed by atoms with Crippen molar-refractivity contribution in [2.24, 2.45) is 0 Å². The zero-order valence-electron chi connectivity index (χ0n) is 21.0. The number of rotatable bonds is 4. The largest absolute Gasteiger partial charge is 0.490 e. The highest BCUT2D eigenvalue weighted by Gasteiger charge is 2.39. The number of fused-ring (bicyclic) bond motifs is 2. The molecule has 3 heterocycles. The zero-order chi connectivity index (χ0) is 26.8. The second-order valence-electron chi connectivity index (χ2n) is 9.66. The third-order valence-corrected chi connectivity index (χ3v) is 7.22. The molecule has 3 aliphatic heterocycles. The molecule has 2 saturated heterocycles. The van der Waals surface area contributed by atoms with Crippen molar-refractivity contribution in [2.75, 3.05) is 45.3 Å². The van der Waals surface area contributed by atoms with Gasteiger partial charge in [0.2, 0.25) is 5.91 Å². The normalized spacial score (nSPS) is 23.4. The number of carbonyl (C=O) groups excluding carboxylic acids is 3. The summed E-state index contributed by atoms with van der Waals surface area (Å²) in [5.41, 5.74) is 0.514. The van der Waals surface area contributed by atoms with Gasteiger partial charge in [-0.15, -0.1) is 0 Å². The minimum absolute atomic E-state index is 0.0382. The quantitative estimate of drug-likeness (QED) is 0.655. The molecule has 0 saturated carbocycles. The van der Waals surface area contributed by atoms with Crippen molar-refractivity contribution >= 4 is 23.4 Å². The fourth-order valence-electron chi connectivity index (χ4n) is 5.08. The highest BCUT2D eigenvalue weighted by molar-refractivity contribution is 6.05. The molecule has 0 spiro atoms. The lowest BCUT2D eigenvalue weighted by Gasteiger charge is -2.42.